The van der Waals surface area contributed by atoms with Crippen molar-refractivity contribution in [1.29, 1.82) is 0 Å². The van der Waals surface area contributed by atoms with E-state index in [0.29, 0.717) is 0 Å². The van der Waals surface area contributed by atoms with Crippen LogP contribution >= 0.6 is 24.0 Å². The van der Waals surface area contributed by atoms with E-state index in [0.717, 1.165) is 12.1 Å². The van der Waals surface area contributed by atoms with Crippen LogP contribution in [0.15, 0.2) is 30.3 Å². The normalized spacial score (nSPS) is 12.1. The van der Waals surface area contributed by atoms with Gasteiger partial charge in [-0.2, -0.15) is 0 Å². The van der Waals surface area contributed by atoms with Gasteiger partial charge in [-0.1, -0.05) is 0 Å². The smallest absolute Gasteiger partial charge is 0.107 e. The minimum Gasteiger partial charge on any atom is -0.107 e. The Labute approximate surface area is 118 Å². The second-order valence-corrected chi connectivity index (χ2v) is 3.61. The molecule has 0 atom stereocenters. The van der Waals surface area contributed by atoms with Crippen molar-refractivity contribution in [1.82, 2.24) is 3.13 Å². The zero-order chi connectivity index (χ0) is 10.8. The fourth-order valence-electron chi connectivity index (χ4n) is 0.907. The van der Waals surface area contributed by atoms with Crippen molar-refractivity contribution < 1.29 is 17.6 Å². The third-order valence-electron chi connectivity index (χ3n) is 1.69. The predicted molar refractivity (Wildman–Crippen MR) is 59.6 cm³/mol. The molecule has 1 rings (SSSR count). The van der Waals surface area contributed by atoms with Crippen LogP contribution in [-0.4, -0.2) is 32.1 Å². The van der Waals surface area contributed by atoms with Gasteiger partial charge in [0.1, 0.15) is 0 Å². The zero-order valence-corrected chi connectivity index (χ0v) is 13.5. The van der Waals surface area contributed by atoms with Gasteiger partial charge in [0.15, 0.2) is 0 Å². The first kappa shape index (κ1) is 15.6. The molecule has 1 N–H and O–H groups in total. The zero-order valence-electron chi connectivity index (χ0n) is 7.31. The minimum absolute atomic E-state index is 0. The molecule has 15 heavy (non-hydrogen) atoms. The molecule has 0 bridgehead atoms. The van der Waals surface area contributed by atoms with Crippen LogP contribution in [0.2, 0.25) is 0 Å². The van der Waals surface area contributed by atoms with Crippen molar-refractivity contribution in [2.75, 3.05) is 0 Å². The monoisotopic (exact) mass is 528 g/mol. The molecular formula is C8H7F4INPb. The Kier molecular flexibility index (Phi) is 5.97. The van der Waals surface area contributed by atoms with E-state index in [1.54, 1.807) is 0 Å². The molecule has 0 spiro atoms. The number of halogens is 5. The maximum absolute atomic E-state index is 13.1. The number of hydrogen-bond acceptors (Lipinski definition) is 1. The van der Waals surface area contributed by atoms with E-state index in [1.165, 1.54) is 21.3 Å². The Balaban J connectivity index is 0.00000196. The molecule has 0 aliphatic heterocycles. The van der Waals surface area contributed by atoms with Crippen LogP contribution in [0.4, 0.5) is 17.6 Å². The first-order chi connectivity index (χ1) is 6.42. The first-order valence-corrected chi connectivity index (χ1v) is 5.61. The topological polar surface area (TPSA) is 12.0 Å². The Hall–Kier alpha value is 0.552. The van der Waals surface area contributed by atoms with E-state index in [1.807, 2.05) is 0 Å². The summed E-state index contributed by atoms with van der Waals surface area (Å²) in [6.07, 6.45) is 0. The van der Waals surface area contributed by atoms with Gasteiger partial charge in [0.25, 0.3) is 0 Å². The van der Waals surface area contributed by atoms with Crippen LogP contribution in [0.25, 0.3) is 0 Å². The molecule has 0 saturated heterocycles. The summed E-state index contributed by atoms with van der Waals surface area (Å²) >= 11 is -0.201. The van der Waals surface area contributed by atoms with Gasteiger partial charge >= 0.3 is 94.6 Å². The number of rotatable bonds is 3. The van der Waals surface area contributed by atoms with Crippen LogP contribution < -0.4 is 3.13 Å². The van der Waals surface area contributed by atoms with Gasteiger partial charge in [0.05, 0.1) is 0 Å². The van der Waals surface area contributed by atoms with Gasteiger partial charge in [0, 0.05) is 0 Å². The summed E-state index contributed by atoms with van der Waals surface area (Å²) in [5, 5.41) is 0. The van der Waals surface area contributed by atoms with Crippen LogP contribution in [0.5, 0.6) is 0 Å². The third-order valence-corrected chi connectivity index (χ3v) is 2.91. The van der Waals surface area contributed by atoms with Crippen molar-refractivity contribution in [3.8, 4) is 0 Å². The van der Waals surface area contributed by atoms with E-state index in [4.69, 9.17) is 0 Å². The molecule has 0 amide bonds. The second-order valence-electron chi connectivity index (χ2n) is 2.64. The Morgan fingerprint density at radius 2 is 1.47 bits per heavy atom. The van der Waals surface area contributed by atoms with E-state index < -0.39 is 17.5 Å². The van der Waals surface area contributed by atoms with Gasteiger partial charge in [-0.25, -0.2) is 0 Å². The van der Waals surface area contributed by atoms with Crippen LogP contribution in [0, 0.1) is 0 Å². The van der Waals surface area contributed by atoms with E-state index in [2.05, 4.69) is 0 Å². The summed E-state index contributed by atoms with van der Waals surface area (Å²) in [7, 11) is 0. The summed E-state index contributed by atoms with van der Waals surface area (Å²) in [5.74, 6) is -4.17. The number of benzene rings is 1. The molecule has 0 heterocycles. The average Bonchev–Trinajstić information content (AvgIpc) is 2.19. The molecule has 3 radical (unpaired) electrons. The fourth-order valence-corrected chi connectivity index (χ4v) is 1.52. The third kappa shape index (κ3) is 3.25. The summed E-state index contributed by atoms with van der Waals surface area (Å²) in [6, 6.07) is 1.87. The average molecular weight is 527 g/mol. The SMILES string of the molecule is FC(F)([NH][Pb])C(F)(F)c1ccccc1.I. The number of alkyl halides is 4. The molecule has 7 heteroatoms. The van der Waals surface area contributed by atoms with Crippen molar-refractivity contribution in [2.24, 2.45) is 0 Å². The summed E-state index contributed by atoms with van der Waals surface area (Å²) < 4.78 is 53.3. The molecule has 1 nitrogen and oxygen atoms in total. The molecular weight excluding hydrogens is 520 g/mol. The molecule has 83 valence electrons. The van der Waals surface area contributed by atoms with Gasteiger partial charge < -0.3 is 0 Å². The van der Waals surface area contributed by atoms with Crippen molar-refractivity contribution in [3.63, 3.8) is 0 Å². The number of nitrogens with one attached hydrogen (secondary N) is 1. The van der Waals surface area contributed by atoms with Crippen molar-refractivity contribution in [3.05, 3.63) is 35.9 Å². The number of hydrogen-bond donors (Lipinski definition) is 1. The van der Waals surface area contributed by atoms with Gasteiger partial charge in [-0.3, -0.25) is 0 Å². The molecule has 0 aliphatic carbocycles. The van der Waals surface area contributed by atoms with E-state index in [-0.39, 0.29) is 50.0 Å². The Bertz CT molecular complexity index is 307. The van der Waals surface area contributed by atoms with Crippen molar-refractivity contribution >= 4 is 50.0 Å². The van der Waals surface area contributed by atoms with Gasteiger partial charge in [0.2, 0.25) is 0 Å². The summed E-state index contributed by atoms with van der Waals surface area (Å²) in [6.45, 7) is 0. The Morgan fingerprint density at radius 1 is 1.00 bits per heavy atom. The molecule has 0 unspecified atom stereocenters. The van der Waals surface area contributed by atoms with Gasteiger partial charge in [-0.05, 0) is 0 Å². The van der Waals surface area contributed by atoms with E-state index in [9.17, 15) is 17.6 Å². The van der Waals surface area contributed by atoms with Crippen LogP contribution in [0.1, 0.15) is 5.56 Å². The summed E-state index contributed by atoms with van der Waals surface area (Å²) in [4.78, 5) is 0. The molecule has 0 saturated carbocycles. The standard InChI is InChI=1S/C8H6F4N.HI.Pb/c9-7(10,8(11,12)13)6-4-2-1-3-5-6;;/h1-5,13H;1H;/q-1;;+1. The van der Waals surface area contributed by atoms with E-state index >= 15 is 0 Å². The maximum atomic E-state index is 13.1. The largest absolute Gasteiger partial charge is 0.107 e. The fraction of sp³-hybridized carbons (Fsp3) is 0.250. The predicted octanol–water partition coefficient (Wildman–Crippen LogP) is 2.66. The molecule has 0 aliphatic rings. The molecule has 1 aromatic carbocycles. The van der Waals surface area contributed by atoms with Gasteiger partial charge in [-0.15, -0.1) is 24.0 Å². The summed E-state index contributed by atoms with van der Waals surface area (Å²) in [5.41, 5.74) is -0.687. The first-order valence-electron chi connectivity index (χ1n) is 3.67. The molecule has 0 aromatic heterocycles. The van der Waals surface area contributed by atoms with Crippen molar-refractivity contribution in [2.45, 2.75) is 12.0 Å². The quantitative estimate of drug-likeness (QED) is 0.276. The van der Waals surface area contributed by atoms with Crippen LogP contribution in [-0.2, 0) is 5.92 Å². The van der Waals surface area contributed by atoms with Crippen LogP contribution in [0.3, 0.4) is 0 Å². The maximum Gasteiger partial charge on any atom is -0.107 e. The second kappa shape index (κ2) is 5.75. The molecule has 0 fully saturated rings. The Morgan fingerprint density at radius 3 is 1.87 bits per heavy atom. The minimum atomic E-state index is -4.18. The molecule has 1 aromatic rings.